The maximum Gasteiger partial charge on any atom is 0.411 e. The summed E-state index contributed by atoms with van der Waals surface area (Å²) in [5.41, 5.74) is 0.223. The van der Waals surface area contributed by atoms with E-state index in [1.165, 1.54) is 26.4 Å². The van der Waals surface area contributed by atoms with Crippen LogP contribution in [0.15, 0.2) is 12.1 Å². The third-order valence-electron chi connectivity index (χ3n) is 2.42. The first-order chi connectivity index (χ1) is 9.30. The topological polar surface area (TPSA) is 47.9 Å². The molecule has 0 aromatic heterocycles. The molecule has 114 valence electrons. The molecule has 1 rings (SSSR count). The average Bonchev–Trinajstić information content (AvgIpc) is 2.36. The van der Waals surface area contributed by atoms with Gasteiger partial charge in [0.1, 0.15) is 29.2 Å². The molecule has 0 spiro atoms. The van der Waals surface area contributed by atoms with Gasteiger partial charge in [-0.3, -0.25) is 0 Å². The predicted molar refractivity (Wildman–Crippen MR) is 66.4 cm³/mol. The Morgan fingerprint density at radius 2 is 1.90 bits per heavy atom. The minimum atomic E-state index is -4.44. The number of benzene rings is 1. The van der Waals surface area contributed by atoms with E-state index < -0.39 is 25.5 Å². The fourth-order valence-electron chi connectivity index (χ4n) is 1.56. The first-order valence-corrected chi connectivity index (χ1v) is 5.91. The third kappa shape index (κ3) is 4.43. The van der Waals surface area contributed by atoms with E-state index in [9.17, 15) is 18.3 Å². The van der Waals surface area contributed by atoms with Crippen molar-refractivity contribution in [2.24, 2.45) is 0 Å². The zero-order valence-electron chi connectivity index (χ0n) is 10.8. The molecule has 4 nitrogen and oxygen atoms in total. The van der Waals surface area contributed by atoms with Gasteiger partial charge in [-0.1, -0.05) is 11.6 Å². The van der Waals surface area contributed by atoms with Crippen molar-refractivity contribution in [1.29, 1.82) is 0 Å². The Morgan fingerprint density at radius 3 is 2.40 bits per heavy atom. The van der Waals surface area contributed by atoms with Crippen LogP contribution in [-0.4, -0.2) is 38.7 Å². The lowest BCUT2D eigenvalue weighted by molar-refractivity contribution is -0.179. The summed E-state index contributed by atoms with van der Waals surface area (Å²) in [6.07, 6.45) is -5.74. The summed E-state index contributed by atoms with van der Waals surface area (Å²) >= 11 is 5.98. The first-order valence-electron chi connectivity index (χ1n) is 5.53. The number of aliphatic hydroxyl groups excluding tert-OH is 1. The van der Waals surface area contributed by atoms with Gasteiger partial charge < -0.3 is 19.3 Å². The largest absolute Gasteiger partial charge is 0.495 e. The Morgan fingerprint density at radius 1 is 1.25 bits per heavy atom. The van der Waals surface area contributed by atoms with Gasteiger partial charge in [0.15, 0.2) is 0 Å². The highest BCUT2D eigenvalue weighted by atomic mass is 35.5. The summed E-state index contributed by atoms with van der Waals surface area (Å²) in [5, 5.41) is 9.97. The van der Waals surface area contributed by atoms with Gasteiger partial charge in [-0.15, -0.1) is 0 Å². The van der Waals surface area contributed by atoms with E-state index in [1.54, 1.807) is 0 Å². The highest BCUT2D eigenvalue weighted by molar-refractivity contribution is 6.33. The molecule has 20 heavy (non-hydrogen) atoms. The Bertz CT molecular complexity index is 451. The van der Waals surface area contributed by atoms with Gasteiger partial charge in [0.2, 0.25) is 0 Å². The van der Waals surface area contributed by atoms with Crippen molar-refractivity contribution in [2.75, 3.05) is 27.4 Å². The molecule has 0 aliphatic carbocycles. The number of halogens is 4. The Balaban J connectivity index is 2.82. The molecule has 0 radical (unpaired) electrons. The molecule has 0 amide bonds. The monoisotopic (exact) mass is 314 g/mol. The second kappa shape index (κ2) is 7.01. The van der Waals surface area contributed by atoms with Crippen LogP contribution >= 0.6 is 11.6 Å². The average molecular weight is 315 g/mol. The molecule has 0 heterocycles. The molecule has 1 aromatic carbocycles. The number of aliphatic hydroxyl groups is 1. The zero-order valence-corrected chi connectivity index (χ0v) is 11.6. The van der Waals surface area contributed by atoms with E-state index in [4.69, 9.17) is 21.1 Å². The number of ether oxygens (including phenoxy) is 3. The normalized spacial score (nSPS) is 13.2. The van der Waals surface area contributed by atoms with Crippen LogP contribution in [-0.2, 0) is 4.74 Å². The van der Waals surface area contributed by atoms with Gasteiger partial charge in [-0.25, -0.2) is 0 Å². The van der Waals surface area contributed by atoms with Crippen molar-refractivity contribution in [3.8, 4) is 11.5 Å². The van der Waals surface area contributed by atoms with Crippen LogP contribution in [0, 0.1) is 0 Å². The molecule has 0 aliphatic heterocycles. The maximum absolute atomic E-state index is 11.9. The Hall–Kier alpha value is -1.18. The predicted octanol–water partition coefficient (Wildman–Crippen LogP) is 2.97. The number of hydrogen-bond donors (Lipinski definition) is 1. The fraction of sp³-hybridized carbons (Fsp3) is 0.500. The van der Waals surface area contributed by atoms with Crippen molar-refractivity contribution in [2.45, 2.75) is 12.3 Å². The molecule has 0 bridgehead atoms. The van der Waals surface area contributed by atoms with Gasteiger partial charge in [-0.05, 0) is 12.1 Å². The van der Waals surface area contributed by atoms with Gasteiger partial charge in [0.05, 0.1) is 20.8 Å². The van der Waals surface area contributed by atoms with E-state index in [2.05, 4.69) is 4.74 Å². The van der Waals surface area contributed by atoms with Crippen LogP contribution in [0.2, 0.25) is 5.02 Å². The van der Waals surface area contributed by atoms with E-state index >= 15 is 0 Å². The molecule has 8 heteroatoms. The van der Waals surface area contributed by atoms with Gasteiger partial charge in [0, 0.05) is 5.56 Å². The van der Waals surface area contributed by atoms with Crippen molar-refractivity contribution >= 4 is 11.6 Å². The van der Waals surface area contributed by atoms with E-state index in [1.807, 2.05) is 0 Å². The summed E-state index contributed by atoms with van der Waals surface area (Å²) in [6.45, 7) is -1.96. The number of methoxy groups -OCH3 is 2. The third-order valence-corrected chi connectivity index (χ3v) is 2.77. The lowest BCUT2D eigenvalue weighted by Crippen LogP contribution is -2.20. The lowest BCUT2D eigenvalue weighted by atomic mass is 10.1. The van der Waals surface area contributed by atoms with Gasteiger partial charge in [-0.2, -0.15) is 13.2 Å². The summed E-state index contributed by atoms with van der Waals surface area (Å²) < 4.78 is 50.3. The SMILES string of the molecule is COc1ccc(C(O)COCC(F)(F)F)c(OC)c1Cl. The number of rotatable bonds is 6. The molecule has 0 fully saturated rings. The van der Waals surface area contributed by atoms with E-state index in [0.29, 0.717) is 5.75 Å². The minimum absolute atomic E-state index is 0.127. The van der Waals surface area contributed by atoms with Crippen LogP contribution in [0.5, 0.6) is 11.5 Å². The maximum atomic E-state index is 11.9. The molecule has 1 unspecified atom stereocenters. The lowest BCUT2D eigenvalue weighted by Gasteiger charge is -2.18. The molecular weight excluding hydrogens is 301 g/mol. The van der Waals surface area contributed by atoms with Crippen LogP contribution in [0.25, 0.3) is 0 Å². The molecule has 1 N–H and O–H groups in total. The van der Waals surface area contributed by atoms with Crippen LogP contribution in [0.1, 0.15) is 11.7 Å². The fourth-order valence-corrected chi connectivity index (χ4v) is 1.88. The number of alkyl halides is 3. The van der Waals surface area contributed by atoms with Crippen LogP contribution < -0.4 is 9.47 Å². The van der Waals surface area contributed by atoms with Crippen LogP contribution in [0.4, 0.5) is 13.2 Å². The van der Waals surface area contributed by atoms with Gasteiger partial charge >= 0.3 is 6.18 Å². The standard InChI is InChI=1S/C12H14ClF3O4/c1-18-9-4-3-7(11(19-2)10(9)13)8(17)5-20-6-12(14,15)16/h3-4,8,17H,5-6H2,1-2H3. The molecule has 0 aliphatic rings. The van der Waals surface area contributed by atoms with Crippen molar-refractivity contribution < 1.29 is 32.5 Å². The van der Waals surface area contributed by atoms with E-state index in [0.717, 1.165) is 0 Å². The summed E-state index contributed by atoms with van der Waals surface area (Å²) in [7, 11) is 2.73. The molecule has 0 saturated carbocycles. The summed E-state index contributed by atoms with van der Waals surface area (Å²) in [5.74, 6) is 0.463. The van der Waals surface area contributed by atoms with Gasteiger partial charge in [0.25, 0.3) is 0 Å². The molecule has 0 saturated heterocycles. The van der Waals surface area contributed by atoms with E-state index in [-0.39, 0.29) is 16.3 Å². The second-order valence-corrected chi connectivity index (χ2v) is 4.23. The second-order valence-electron chi connectivity index (χ2n) is 3.85. The summed E-state index contributed by atoms with van der Waals surface area (Å²) in [6, 6.07) is 2.93. The minimum Gasteiger partial charge on any atom is -0.495 e. The summed E-state index contributed by atoms with van der Waals surface area (Å²) in [4.78, 5) is 0. The van der Waals surface area contributed by atoms with Crippen molar-refractivity contribution in [3.05, 3.63) is 22.7 Å². The highest BCUT2D eigenvalue weighted by Gasteiger charge is 2.28. The van der Waals surface area contributed by atoms with Crippen molar-refractivity contribution in [1.82, 2.24) is 0 Å². The van der Waals surface area contributed by atoms with Crippen molar-refractivity contribution in [3.63, 3.8) is 0 Å². The smallest absolute Gasteiger partial charge is 0.411 e. The zero-order chi connectivity index (χ0) is 15.3. The first kappa shape index (κ1) is 16.9. The molecular formula is C12H14ClF3O4. The molecule has 1 aromatic rings. The number of hydrogen-bond acceptors (Lipinski definition) is 4. The molecule has 1 atom stereocenters. The Kier molecular flexibility index (Phi) is 5.91. The quantitative estimate of drug-likeness (QED) is 0.877. The highest BCUT2D eigenvalue weighted by Crippen LogP contribution is 2.39. The van der Waals surface area contributed by atoms with Crippen LogP contribution in [0.3, 0.4) is 0 Å². The Labute approximate surface area is 119 Å².